The summed E-state index contributed by atoms with van der Waals surface area (Å²) in [5, 5.41) is 11.1. The van der Waals surface area contributed by atoms with E-state index in [0.717, 1.165) is 0 Å². The Morgan fingerprint density at radius 3 is 3.00 bits per heavy atom. The number of carbonyl (C=O) groups excluding carboxylic acids is 1. The lowest BCUT2D eigenvalue weighted by molar-refractivity contribution is -0.118. The Bertz CT molecular complexity index is 290. The summed E-state index contributed by atoms with van der Waals surface area (Å²) in [6.45, 7) is 3.36. The number of nitrogens with one attached hydrogen (secondary N) is 1. The van der Waals surface area contributed by atoms with Crippen molar-refractivity contribution in [2.45, 2.75) is 6.54 Å². The summed E-state index contributed by atoms with van der Waals surface area (Å²) in [5.74, 6) is 0.304. The molecule has 0 aromatic carbocycles. The van der Waals surface area contributed by atoms with Crippen LogP contribution in [0.5, 0.6) is 0 Å². The van der Waals surface area contributed by atoms with E-state index in [-0.39, 0.29) is 18.1 Å². The van der Waals surface area contributed by atoms with E-state index in [0.29, 0.717) is 12.3 Å². The van der Waals surface area contributed by atoms with Crippen molar-refractivity contribution in [3.8, 4) is 0 Å². The molecular weight excluding hydrogens is 170 g/mol. The average Bonchev–Trinajstić information content (AvgIpc) is 2.65. The molecule has 70 valence electrons. The Morgan fingerprint density at radius 2 is 2.46 bits per heavy atom. The summed E-state index contributed by atoms with van der Waals surface area (Å²) < 4.78 is 4.99. The summed E-state index contributed by atoms with van der Waals surface area (Å²) in [6.07, 6.45) is 1.53. The van der Waals surface area contributed by atoms with Gasteiger partial charge in [-0.2, -0.15) is 0 Å². The molecule has 4 heteroatoms. The molecule has 13 heavy (non-hydrogen) atoms. The molecule has 0 radical (unpaired) electrons. The average molecular weight is 181 g/mol. The van der Waals surface area contributed by atoms with Crippen LogP contribution in [0.1, 0.15) is 5.76 Å². The third-order valence-electron chi connectivity index (χ3n) is 1.52. The van der Waals surface area contributed by atoms with E-state index in [2.05, 4.69) is 11.9 Å². The maximum atomic E-state index is 11.1. The van der Waals surface area contributed by atoms with Crippen LogP contribution in [0.25, 0.3) is 0 Å². The van der Waals surface area contributed by atoms with Crippen LogP contribution in [0.2, 0.25) is 0 Å². The topological polar surface area (TPSA) is 62.5 Å². The van der Waals surface area contributed by atoms with Crippen LogP contribution < -0.4 is 5.32 Å². The highest BCUT2D eigenvalue weighted by atomic mass is 16.3. The van der Waals surface area contributed by atoms with Crippen molar-refractivity contribution < 1.29 is 14.3 Å². The lowest BCUT2D eigenvalue weighted by Crippen LogP contribution is -2.25. The molecule has 2 N–H and O–H groups in total. The summed E-state index contributed by atoms with van der Waals surface area (Å²) in [5.41, 5.74) is 0.145. The Hall–Kier alpha value is -1.55. The molecule has 0 saturated carbocycles. The molecule has 4 nitrogen and oxygen atoms in total. The number of hydrogen-bond acceptors (Lipinski definition) is 3. The van der Waals surface area contributed by atoms with E-state index in [1.54, 1.807) is 12.1 Å². The highest BCUT2D eigenvalue weighted by Gasteiger charge is 2.05. The fourth-order valence-corrected chi connectivity index (χ4v) is 0.777. The first kappa shape index (κ1) is 9.54. The molecule has 1 aromatic rings. The molecule has 0 saturated heterocycles. The summed E-state index contributed by atoms with van der Waals surface area (Å²) in [6, 6.07) is 3.49. The molecule has 0 bridgehead atoms. The van der Waals surface area contributed by atoms with Gasteiger partial charge in [-0.25, -0.2) is 0 Å². The standard InChI is InChI=1S/C9H11NO3/c1-7(6-11)9(12)10-5-8-3-2-4-13-8/h2-4,11H,1,5-6H2,(H,10,12). The van der Waals surface area contributed by atoms with E-state index in [9.17, 15) is 4.79 Å². The Balaban J connectivity index is 2.35. The molecule has 0 aliphatic rings. The van der Waals surface area contributed by atoms with Crippen LogP contribution in [0, 0.1) is 0 Å². The van der Waals surface area contributed by atoms with E-state index < -0.39 is 0 Å². The Kier molecular flexibility index (Phi) is 3.28. The molecule has 0 unspecified atom stereocenters. The van der Waals surface area contributed by atoms with E-state index in [4.69, 9.17) is 9.52 Å². The van der Waals surface area contributed by atoms with Crippen molar-refractivity contribution in [1.82, 2.24) is 5.32 Å². The zero-order valence-electron chi connectivity index (χ0n) is 7.12. The van der Waals surface area contributed by atoms with Crippen LogP contribution in [0.3, 0.4) is 0 Å². The summed E-state index contributed by atoms with van der Waals surface area (Å²) in [7, 11) is 0. The minimum absolute atomic E-state index is 0.145. The number of rotatable bonds is 4. The van der Waals surface area contributed by atoms with Crippen LogP contribution >= 0.6 is 0 Å². The number of furan rings is 1. The van der Waals surface area contributed by atoms with Gasteiger partial charge in [0.15, 0.2) is 0 Å². The molecule has 1 rings (SSSR count). The maximum absolute atomic E-state index is 11.1. The third kappa shape index (κ3) is 2.76. The first-order valence-corrected chi connectivity index (χ1v) is 3.83. The lowest BCUT2D eigenvalue weighted by atomic mass is 10.3. The second kappa shape index (κ2) is 4.47. The number of aliphatic hydroxyl groups is 1. The molecule has 0 fully saturated rings. The van der Waals surface area contributed by atoms with Crippen molar-refractivity contribution in [1.29, 1.82) is 0 Å². The SMILES string of the molecule is C=C(CO)C(=O)NCc1ccco1. The van der Waals surface area contributed by atoms with Crippen molar-refractivity contribution in [3.63, 3.8) is 0 Å². The quantitative estimate of drug-likeness (QED) is 0.663. The van der Waals surface area contributed by atoms with Gasteiger partial charge < -0.3 is 14.8 Å². The van der Waals surface area contributed by atoms with Crippen molar-refractivity contribution >= 4 is 5.91 Å². The fraction of sp³-hybridized carbons (Fsp3) is 0.222. The smallest absolute Gasteiger partial charge is 0.249 e. The predicted molar refractivity (Wildman–Crippen MR) is 46.8 cm³/mol. The van der Waals surface area contributed by atoms with Gasteiger partial charge in [0.05, 0.1) is 19.4 Å². The predicted octanol–water partition coefficient (Wildman–Crippen LogP) is 0.444. The zero-order valence-corrected chi connectivity index (χ0v) is 7.12. The normalized spacial score (nSPS) is 9.62. The second-order valence-electron chi connectivity index (χ2n) is 2.52. The zero-order chi connectivity index (χ0) is 9.68. The van der Waals surface area contributed by atoms with E-state index in [1.165, 1.54) is 6.26 Å². The number of aliphatic hydroxyl groups excluding tert-OH is 1. The minimum atomic E-state index is -0.362. The van der Waals surface area contributed by atoms with Crippen molar-refractivity contribution in [2.24, 2.45) is 0 Å². The van der Waals surface area contributed by atoms with Gasteiger partial charge in [0.25, 0.3) is 0 Å². The van der Waals surface area contributed by atoms with Gasteiger partial charge in [0.1, 0.15) is 5.76 Å². The van der Waals surface area contributed by atoms with Crippen LogP contribution in [-0.2, 0) is 11.3 Å². The molecule has 0 aliphatic heterocycles. The molecule has 0 atom stereocenters. The van der Waals surface area contributed by atoms with Crippen molar-refractivity contribution in [3.05, 3.63) is 36.3 Å². The number of amides is 1. The molecule has 1 heterocycles. The number of carbonyl (C=O) groups is 1. The van der Waals surface area contributed by atoms with Crippen LogP contribution in [-0.4, -0.2) is 17.6 Å². The molecular formula is C9H11NO3. The summed E-state index contributed by atoms with van der Waals surface area (Å²) >= 11 is 0. The summed E-state index contributed by atoms with van der Waals surface area (Å²) in [4.78, 5) is 11.1. The highest BCUT2D eigenvalue weighted by Crippen LogP contribution is 1.99. The monoisotopic (exact) mass is 181 g/mol. The van der Waals surface area contributed by atoms with Crippen LogP contribution in [0.4, 0.5) is 0 Å². The van der Waals surface area contributed by atoms with Gasteiger partial charge in [-0.05, 0) is 12.1 Å². The lowest BCUT2D eigenvalue weighted by Gasteiger charge is -2.02. The molecule has 0 aliphatic carbocycles. The minimum Gasteiger partial charge on any atom is -0.467 e. The van der Waals surface area contributed by atoms with Gasteiger partial charge in [0, 0.05) is 5.57 Å². The third-order valence-corrected chi connectivity index (χ3v) is 1.52. The second-order valence-corrected chi connectivity index (χ2v) is 2.52. The van der Waals surface area contributed by atoms with E-state index in [1.807, 2.05) is 0 Å². The molecule has 0 spiro atoms. The first-order valence-electron chi connectivity index (χ1n) is 3.83. The Morgan fingerprint density at radius 1 is 1.69 bits per heavy atom. The Labute approximate surface area is 75.9 Å². The van der Waals surface area contributed by atoms with Gasteiger partial charge in [0.2, 0.25) is 5.91 Å². The van der Waals surface area contributed by atoms with Crippen molar-refractivity contribution in [2.75, 3.05) is 6.61 Å². The van der Waals surface area contributed by atoms with Gasteiger partial charge in [-0.15, -0.1) is 0 Å². The van der Waals surface area contributed by atoms with Gasteiger partial charge >= 0.3 is 0 Å². The largest absolute Gasteiger partial charge is 0.467 e. The van der Waals surface area contributed by atoms with E-state index >= 15 is 0 Å². The molecule has 1 amide bonds. The van der Waals surface area contributed by atoms with Crippen LogP contribution in [0.15, 0.2) is 35.0 Å². The molecule has 1 aromatic heterocycles. The van der Waals surface area contributed by atoms with Gasteiger partial charge in [-0.3, -0.25) is 4.79 Å². The first-order chi connectivity index (χ1) is 6.24. The fourth-order valence-electron chi connectivity index (χ4n) is 0.777. The maximum Gasteiger partial charge on any atom is 0.249 e. The number of hydrogen-bond donors (Lipinski definition) is 2. The highest BCUT2D eigenvalue weighted by molar-refractivity contribution is 5.92. The van der Waals surface area contributed by atoms with Gasteiger partial charge in [-0.1, -0.05) is 6.58 Å².